The van der Waals surface area contributed by atoms with Crippen LogP contribution in [0.15, 0.2) is 46.9 Å². The molecule has 0 saturated heterocycles. The molecule has 31 heavy (non-hydrogen) atoms. The van der Waals surface area contributed by atoms with Gasteiger partial charge in [-0.1, -0.05) is 15.9 Å². The smallest absolute Gasteiger partial charge is 0.322 e. The molecule has 0 aliphatic rings. The van der Waals surface area contributed by atoms with Crippen molar-refractivity contribution in [2.24, 2.45) is 0 Å². The number of alkyl halides is 6. The molecule has 0 bridgehead atoms. The van der Waals surface area contributed by atoms with E-state index in [-0.39, 0.29) is 17.6 Å². The van der Waals surface area contributed by atoms with Gasteiger partial charge < -0.3 is 5.32 Å². The van der Waals surface area contributed by atoms with Crippen LogP contribution in [0.3, 0.4) is 0 Å². The maximum Gasteiger partial charge on any atom is 0.416 e. The van der Waals surface area contributed by atoms with E-state index in [9.17, 15) is 31.1 Å². The lowest BCUT2D eigenvalue weighted by Crippen LogP contribution is -2.11. The summed E-state index contributed by atoms with van der Waals surface area (Å²) in [6.45, 7) is 0. The lowest BCUT2D eigenvalue weighted by Gasteiger charge is -2.13. The fraction of sp³-hybridized carbons (Fsp3) is 0.111. The number of benzene rings is 2. The summed E-state index contributed by atoms with van der Waals surface area (Å²) in [4.78, 5) is 12.2. The van der Waals surface area contributed by atoms with Gasteiger partial charge in [-0.2, -0.15) is 31.6 Å². The van der Waals surface area contributed by atoms with Gasteiger partial charge in [0.1, 0.15) is 0 Å². The van der Waals surface area contributed by atoms with Crippen molar-refractivity contribution < 1.29 is 31.1 Å². The molecule has 3 aromatic rings. The van der Waals surface area contributed by atoms with Crippen LogP contribution >= 0.6 is 15.9 Å². The molecule has 0 radical (unpaired) electrons. The minimum absolute atomic E-state index is 0.0103. The van der Waals surface area contributed by atoms with Crippen molar-refractivity contribution in [3.05, 3.63) is 63.6 Å². The number of carbonyl (C=O) groups excluding carboxylic acids is 1. The zero-order valence-electron chi connectivity index (χ0n) is 15.0. The number of anilines is 1. The molecule has 0 unspecified atom stereocenters. The molecule has 3 rings (SSSR count). The second-order valence-corrected chi connectivity index (χ2v) is 7.00. The van der Waals surface area contributed by atoms with Crippen LogP contribution in [0.5, 0.6) is 0 Å². The first-order valence-electron chi connectivity index (χ1n) is 8.25. The number of halogens is 7. The number of hydrogen-bond acceptors (Lipinski definition) is 4. The number of tetrazole rings is 1. The zero-order valence-corrected chi connectivity index (χ0v) is 16.6. The van der Waals surface area contributed by atoms with E-state index in [0.717, 1.165) is 12.2 Å². The Balaban J connectivity index is 1.87. The van der Waals surface area contributed by atoms with E-state index < -0.39 is 35.0 Å². The largest absolute Gasteiger partial charge is 0.416 e. The van der Waals surface area contributed by atoms with Gasteiger partial charge in [0, 0.05) is 16.1 Å². The molecule has 1 amide bonds. The van der Waals surface area contributed by atoms with Crippen LogP contribution in [0.4, 0.5) is 32.0 Å². The second-order valence-electron chi connectivity index (χ2n) is 6.09. The third-order valence-electron chi connectivity index (χ3n) is 3.86. The molecular weight excluding hydrogens is 496 g/mol. The maximum atomic E-state index is 12.9. The topological polar surface area (TPSA) is 83.6 Å². The molecule has 0 fully saturated rings. The summed E-state index contributed by atoms with van der Waals surface area (Å²) in [6.07, 6.45) is -8.30. The van der Waals surface area contributed by atoms with Crippen LogP contribution < -0.4 is 5.32 Å². The molecule has 1 aromatic heterocycles. The quantitative estimate of drug-likeness (QED) is 0.371. The molecule has 0 saturated carbocycles. The standard InChI is InChI=1S/C18H10BrF6N5O/c19-12-2-3-14(13(8-12)16-27-29-30-28-16)26-15(31)4-1-9-5-10(17(20,21)22)7-11(6-9)18(23,24)25/h1-8H,(H,26,31)(H,27,28,29,30)/b4-1+. The van der Waals surface area contributed by atoms with E-state index in [1.165, 1.54) is 6.07 Å². The first kappa shape index (κ1) is 22.5. The molecule has 13 heteroatoms. The zero-order chi connectivity index (χ0) is 22.8. The molecule has 0 aliphatic heterocycles. The van der Waals surface area contributed by atoms with Gasteiger partial charge in [-0.25, -0.2) is 0 Å². The predicted octanol–water partition coefficient (Wildman–Crippen LogP) is 5.32. The normalized spacial score (nSPS) is 12.4. The van der Waals surface area contributed by atoms with Crippen LogP contribution in [-0.4, -0.2) is 26.5 Å². The third kappa shape index (κ3) is 5.69. The van der Waals surface area contributed by atoms with E-state index >= 15 is 0 Å². The highest BCUT2D eigenvalue weighted by Gasteiger charge is 2.36. The van der Waals surface area contributed by atoms with E-state index in [1.807, 2.05) is 0 Å². The molecule has 2 aromatic carbocycles. The van der Waals surface area contributed by atoms with E-state index in [0.29, 0.717) is 22.2 Å². The number of nitrogens with one attached hydrogen (secondary N) is 2. The summed E-state index contributed by atoms with van der Waals surface area (Å²) in [5.74, 6) is -0.633. The van der Waals surface area contributed by atoms with Crippen LogP contribution in [-0.2, 0) is 17.1 Å². The van der Waals surface area contributed by atoms with Gasteiger partial charge in [0.25, 0.3) is 0 Å². The number of hydrogen-bond donors (Lipinski definition) is 2. The molecule has 0 spiro atoms. The Labute approximate surface area is 178 Å². The minimum atomic E-state index is -4.98. The summed E-state index contributed by atoms with van der Waals surface area (Å²) in [7, 11) is 0. The summed E-state index contributed by atoms with van der Waals surface area (Å²) in [5, 5.41) is 15.8. The fourth-order valence-electron chi connectivity index (χ4n) is 2.51. The van der Waals surface area contributed by atoms with Gasteiger partial charge >= 0.3 is 12.4 Å². The van der Waals surface area contributed by atoms with Crippen molar-refractivity contribution in [1.29, 1.82) is 0 Å². The SMILES string of the molecule is O=C(/C=C/c1cc(C(F)(F)F)cc(C(F)(F)F)c1)Nc1ccc(Br)cc1-c1nn[nH]n1. The number of carbonyl (C=O) groups is 1. The first-order valence-corrected chi connectivity index (χ1v) is 9.05. The number of aromatic amines is 1. The Hall–Kier alpha value is -3.22. The summed E-state index contributed by atoms with van der Waals surface area (Å²) >= 11 is 3.26. The summed E-state index contributed by atoms with van der Waals surface area (Å²) < 4.78 is 78.3. The number of H-pyrrole nitrogens is 1. The van der Waals surface area contributed by atoms with Gasteiger partial charge in [0.15, 0.2) is 0 Å². The van der Waals surface area contributed by atoms with Gasteiger partial charge in [0.05, 0.1) is 16.8 Å². The van der Waals surface area contributed by atoms with Crippen molar-refractivity contribution in [3.63, 3.8) is 0 Å². The molecule has 6 nitrogen and oxygen atoms in total. The van der Waals surface area contributed by atoms with Gasteiger partial charge in [-0.15, -0.1) is 10.2 Å². The molecule has 162 valence electrons. The fourth-order valence-corrected chi connectivity index (χ4v) is 2.87. The second kappa shape index (κ2) is 8.49. The molecule has 0 aliphatic carbocycles. The Kier molecular flexibility index (Phi) is 6.15. The van der Waals surface area contributed by atoms with Crippen LogP contribution in [0.2, 0.25) is 0 Å². The van der Waals surface area contributed by atoms with Crippen LogP contribution in [0, 0.1) is 0 Å². The summed E-state index contributed by atoms with van der Waals surface area (Å²) in [5.41, 5.74) is -2.77. The van der Waals surface area contributed by atoms with Crippen molar-refractivity contribution in [1.82, 2.24) is 20.6 Å². The lowest BCUT2D eigenvalue weighted by molar-refractivity contribution is -0.143. The van der Waals surface area contributed by atoms with Gasteiger partial charge in [0.2, 0.25) is 11.7 Å². The Morgan fingerprint density at radius 3 is 2.19 bits per heavy atom. The summed E-state index contributed by atoms with van der Waals surface area (Å²) in [6, 6.07) is 5.74. The molecule has 2 N–H and O–H groups in total. The van der Waals surface area contributed by atoms with E-state index in [2.05, 4.69) is 41.9 Å². The number of aromatic nitrogens is 4. The van der Waals surface area contributed by atoms with Crippen molar-refractivity contribution in [2.45, 2.75) is 12.4 Å². The molecular formula is C18H10BrF6N5O. The first-order chi connectivity index (χ1) is 14.4. The van der Waals surface area contributed by atoms with Crippen molar-refractivity contribution in [2.75, 3.05) is 5.32 Å². The number of rotatable bonds is 4. The Bertz CT molecular complexity index is 1090. The van der Waals surface area contributed by atoms with Crippen molar-refractivity contribution in [3.8, 4) is 11.4 Å². The maximum absolute atomic E-state index is 12.9. The lowest BCUT2D eigenvalue weighted by atomic mass is 10.0. The molecule has 0 atom stereocenters. The van der Waals surface area contributed by atoms with Gasteiger partial charge in [-0.3, -0.25) is 4.79 Å². The highest BCUT2D eigenvalue weighted by Crippen LogP contribution is 2.36. The van der Waals surface area contributed by atoms with E-state index in [1.54, 1.807) is 12.1 Å². The van der Waals surface area contributed by atoms with Crippen LogP contribution in [0.1, 0.15) is 16.7 Å². The van der Waals surface area contributed by atoms with Crippen molar-refractivity contribution >= 4 is 33.6 Å². The van der Waals surface area contributed by atoms with Gasteiger partial charge in [-0.05, 0) is 53.3 Å². The number of nitrogens with zero attached hydrogens (tertiary/aromatic N) is 3. The molecule has 1 heterocycles. The predicted molar refractivity (Wildman–Crippen MR) is 101 cm³/mol. The van der Waals surface area contributed by atoms with Crippen LogP contribution in [0.25, 0.3) is 17.5 Å². The highest BCUT2D eigenvalue weighted by atomic mass is 79.9. The minimum Gasteiger partial charge on any atom is -0.322 e. The third-order valence-corrected chi connectivity index (χ3v) is 4.36. The average Bonchev–Trinajstić information content (AvgIpc) is 3.21. The Morgan fingerprint density at radius 2 is 1.65 bits per heavy atom. The highest BCUT2D eigenvalue weighted by molar-refractivity contribution is 9.10. The monoisotopic (exact) mass is 505 g/mol. The Morgan fingerprint density at radius 1 is 1.00 bits per heavy atom. The number of amides is 1. The average molecular weight is 506 g/mol. The van der Waals surface area contributed by atoms with E-state index in [4.69, 9.17) is 0 Å².